The smallest absolute Gasteiger partial charge is 0.256 e. The van der Waals surface area contributed by atoms with Crippen LogP contribution in [0.3, 0.4) is 0 Å². The van der Waals surface area contributed by atoms with Gasteiger partial charge in [-0.05, 0) is 44.2 Å². The molecule has 5 heteroatoms. The minimum absolute atomic E-state index is 0.132. The zero-order valence-electron chi connectivity index (χ0n) is 14.6. The van der Waals surface area contributed by atoms with Crippen molar-refractivity contribution in [3.8, 4) is 5.75 Å². The van der Waals surface area contributed by atoms with Gasteiger partial charge in [0, 0.05) is 46.6 Å². The van der Waals surface area contributed by atoms with Crippen molar-refractivity contribution in [2.24, 2.45) is 0 Å². The number of halogens is 1. The fourth-order valence-electron chi connectivity index (χ4n) is 3.07. The van der Waals surface area contributed by atoms with Gasteiger partial charge in [-0.1, -0.05) is 17.7 Å². The van der Waals surface area contributed by atoms with E-state index in [0.29, 0.717) is 10.6 Å². The van der Waals surface area contributed by atoms with E-state index in [0.717, 1.165) is 41.3 Å². The van der Waals surface area contributed by atoms with Gasteiger partial charge in [0.15, 0.2) is 0 Å². The van der Waals surface area contributed by atoms with Crippen molar-refractivity contribution in [2.45, 2.75) is 13.8 Å². The van der Waals surface area contributed by atoms with Crippen LogP contribution in [0.25, 0.3) is 11.6 Å². The molecular formula is C20H21ClN2O2. The average molecular weight is 357 g/mol. The molecule has 0 radical (unpaired) electrons. The summed E-state index contributed by atoms with van der Waals surface area (Å²) < 4.78 is 5.55. The highest BCUT2D eigenvalue weighted by atomic mass is 35.5. The van der Waals surface area contributed by atoms with Crippen LogP contribution in [0.1, 0.15) is 25.0 Å². The SMILES string of the molecule is CCN(CC)c1ccc(/C=C2/C(=O)Nc3cc(Cl)ccc32)c(OC)c1. The van der Waals surface area contributed by atoms with Crippen molar-refractivity contribution in [2.75, 3.05) is 30.4 Å². The Labute approximate surface area is 153 Å². The van der Waals surface area contributed by atoms with Crippen LogP contribution >= 0.6 is 11.6 Å². The molecule has 3 rings (SSSR count). The van der Waals surface area contributed by atoms with E-state index in [4.69, 9.17) is 16.3 Å². The summed E-state index contributed by atoms with van der Waals surface area (Å²) in [7, 11) is 1.64. The largest absolute Gasteiger partial charge is 0.496 e. The van der Waals surface area contributed by atoms with Crippen molar-refractivity contribution >= 4 is 40.5 Å². The number of fused-ring (bicyclic) bond motifs is 1. The van der Waals surface area contributed by atoms with Gasteiger partial charge in [-0.3, -0.25) is 4.79 Å². The van der Waals surface area contributed by atoms with Gasteiger partial charge in [-0.2, -0.15) is 0 Å². The molecule has 0 bridgehead atoms. The van der Waals surface area contributed by atoms with Gasteiger partial charge >= 0.3 is 0 Å². The van der Waals surface area contributed by atoms with E-state index in [2.05, 4.69) is 30.1 Å². The highest BCUT2D eigenvalue weighted by Gasteiger charge is 2.24. The number of amides is 1. The van der Waals surface area contributed by atoms with Crippen LogP contribution in [0.2, 0.25) is 5.02 Å². The molecule has 1 aliphatic rings. The number of anilines is 2. The maximum absolute atomic E-state index is 12.3. The van der Waals surface area contributed by atoms with Gasteiger partial charge in [0.1, 0.15) is 5.75 Å². The van der Waals surface area contributed by atoms with Gasteiger partial charge < -0.3 is 15.0 Å². The lowest BCUT2D eigenvalue weighted by atomic mass is 10.0. The molecule has 0 saturated carbocycles. The first kappa shape index (κ1) is 17.4. The fraction of sp³-hybridized carbons (Fsp3) is 0.250. The average Bonchev–Trinajstić information content (AvgIpc) is 2.91. The van der Waals surface area contributed by atoms with E-state index < -0.39 is 0 Å². The van der Waals surface area contributed by atoms with E-state index in [1.807, 2.05) is 24.3 Å². The molecule has 0 atom stereocenters. The Kier molecular flexibility index (Phi) is 5.00. The van der Waals surface area contributed by atoms with Gasteiger partial charge in [-0.25, -0.2) is 0 Å². The molecule has 0 aliphatic carbocycles. The number of benzene rings is 2. The summed E-state index contributed by atoms with van der Waals surface area (Å²) in [6, 6.07) is 11.5. The lowest BCUT2D eigenvalue weighted by Crippen LogP contribution is -2.21. The van der Waals surface area contributed by atoms with Crippen LogP contribution in [-0.2, 0) is 4.79 Å². The standard InChI is InChI=1S/C20H21ClN2O2/c1-4-23(5-2)15-8-6-13(19(12-15)25-3)10-17-16-9-7-14(21)11-18(16)22-20(17)24/h6-12H,4-5H2,1-3H3,(H,22,24)/b17-10+. The molecule has 1 amide bonds. The topological polar surface area (TPSA) is 41.6 Å². The third-order valence-corrected chi connectivity index (χ3v) is 4.65. The van der Waals surface area contributed by atoms with E-state index in [-0.39, 0.29) is 5.91 Å². The number of hydrogen-bond donors (Lipinski definition) is 1. The highest BCUT2D eigenvalue weighted by Crippen LogP contribution is 2.36. The fourth-order valence-corrected chi connectivity index (χ4v) is 3.24. The molecule has 0 fully saturated rings. The molecule has 25 heavy (non-hydrogen) atoms. The van der Waals surface area contributed by atoms with Crippen LogP contribution in [0.15, 0.2) is 36.4 Å². The Morgan fingerprint density at radius 3 is 2.60 bits per heavy atom. The molecule has 0 aromatic heterocycles. The number of nitrogens with one attached hydrogen (secondary N) is 1. The predicted molar refractivity (Wildman–Crippen MR) is 105 cm³/mol. The summed E-state index contributed by atoms with van der Waals surface area (Å²) in [5.74, 6) is 0.610. The zero-order valence-corrected chi connectivity index (χ0v) is 15.4. The summed E-state index contributed by atoms with van der Waals surface area (Å²) in [6.45, 7) is 6.10. The number of nitrogens with zero attached hydrogens (tertiary/aromatic N) is 1. The molecule has 0 unspecified atom stereocenters. The third kappa shape index (κ3) is 3.35. The maximum atomic E-state index is 12.3. The molecule has 2 aromatic carbocycles. The Morgan fingerprint density at radius 1 is 1.16 bits per heavy atom. The van der Waals surface area contributed by atoms with E-state index in [1.54, 1.807) is 19.2 Å². The van der Waals surface area contributed by atoms with Crippen LogP contribution in [0.4, 0.5) is 11.4 Å². The normalized spacial score (nSPS) is 14.4. The second-order valence-electron chi connectivity index (χ2n) is 5.80. The Morgan fingerprint density at radius 2 is 1.92 bits per heavy atom. The van der Waals surface area contributed by atoms with E-state index >= 15 is 0 Å². The first-order valence-electron chi connectivity index (χ1n) is 8.33. The molecule has 2 aromatic rings. The zero-order chi connectivity index (χ0) is 18.0. The van der Waals surface area contributed by atoms with Gasteiger partial charge in [0.25, 0.3) is 5.91 Å². The van der Waals surface area contributed by atoms with Gasteiger partial charge in [-0.15, -0.1) is 0 Å². The Bertz CT molecular complexity index is 842. The molecule has 4 nitrogen and oxygen atoms in total. The van der Waals surface area contributed by atoms with Crippen molar-refractivity contribution in [3.05, 3.63) is 52.5 Å². The monoisotopic (exact) mass is 356 g/mol. The lowest BCUT2D eigenvalue weighted by molar-refractivity contribution is -0.110. The summed E-state index contributed by atoms with van der Waals surface area (Å²) in [5.41, 5.74) is 4.17. The first-order chi connectivity index (χ1) is 12.1. The molecule has 1 N–H and O–H groups in total. The molecule has 130 valence electrons. The van der Waals surface area contributed by atoms with Crippen molar-refractivity contribution in [1.82, 2.24) is 0 Å². The summed E-state index contributed by atoms with van der Waals surface area (Å²) in [4.78, 5) is 14.6. The Balaban J connectivity index is 2.03. The number of rotatable bonds is 5. The van der Waals surface area contributed by atoms with Crippen molar-refractivity contribution in [3.63, 3.8) is 0 Å². The quantitative estimate of drug-likeness (QED) is 0.790. The highest BCUT2D eigenvalue weighted by molar-refractivity contribution is 6.36. The number of methoxy groups -OCH3 is 1. The van der Waals surface area contributed by atoms with Crippen LogP contribution in [0.5, 0.6) is 5.75 Å². The molecule has 1 aliphatic heterocycles. The molecular weight excluding hydrogens is 336 g/mol. The van der Waals surface area contributed by atoms with E-state index in [1.165, 1.54) is 0 Å². The van der Waals surface area contributed by atoms with Gasteiger partial charge in [0.2, 0.25) is 0 Å². The minimum atomic E-state index is -0.132. The van der Waals surface area contributed by atoms with Crippen molar-refractivity contribution in [1.29, 1.82) is 0 Å². The first-order valence-corrected chi connectivity index (χ1v) is 8.71. The lowest BCUT2D eigenvalue weighted by Gasteiger charge is -2.22. The minimum Gasteiger partial charge on any atom is -0.496 e. The van der Waals surface area contributed by atoms with Crippen LogP contribution in [0, 0.1) is 0 Å². The van der Waals surface area contributed by atoms with Crippen molar-refractivity contribution < 1.29 is 9.53 Å². The van der Waals surface area contributed by atoms with Crippen LogP contribution in [-0.4, -0.2) is 26.1 Å². The molecule has 0 saturated heterocycles. The number of ether oxygens (including phenoxy) is 1. The summed E-state index contributed by atoms with van der Waals surface area (Å²) in [5, 5.41) is 3.45. The second-order valence-corrected chi connectivity index (χ2v) is 6.24. The second kappa shape index (κ2) is 7.19. The number of carbonyl (C=O) groups is 1. The number of hydrogen-bond acceptors (Lipinski definition) is 3. The third-order valence-electron chi connectivity index (χ3n) is 4.41. The van der Waals surface area contributed by atoms with Gasteiger partial charge in [0.05, 0.1) is 12.8 Å². The summed E-state index contributed by atoms with van der Waals surface area (Å²) in [6.07, 6.45) is 1.86. The van der Waals surface area contributed by atoms with Crippen LogP contribution < -0.4 is 15.0 Å². The predicted octanol–water partition coefficient (Wildman–Crippen LogP) is 4.69. The van der Waals surface area contributed by atoms with E-state index in [9.17, 15) is 4.79 Å². The Hall–Kier alpha value is -2.46. The number of carbonyl (C=O) groups excluding carboxylic acids is 1. The summed E-state index contributed by atoms with van der Waals surface area (Å²) >= 11 is 6.01. The molecule has 0 spiro atoms. The molecule has 1 heterocycles. The maximum Gasteiger partial charge on any atom is 0.256 e.